The second-order valence-corrected chi connectivity index (χ2v) is 6.78. The quantitative estimate of drug-likeness (QED) is 0.266. The minimum absolute atomic E-state index is 0.0171. The molecule has 0 heterocycles. The molecule has 0 fully saturated rings. The Morgan fingerprint density at radius 3 is 2.50 bits per heavy atom. The van der Waals surface area contributed by atoms with Gasteiger partial charge in [-0.2, -0.15) is 5.10 Å². The second kappa shape index (κ2) is 10.2. The van der Waals surface area contributed by atoms with Crippen molar-refractivity contribution in [3.63, 3.8) is 0 Å². The van der Waals surface area contributed by atoms with Crippen LogP contribution in [0.1, 0.15) is 11.1 Å². The number of nitro groups is 2. The van der Waals surface area contributed by atoms with Crippen molar-refractivity contribution in [1.29, 1.82) is 0 Å². The third kappa shape index (κ3) is 5.49. The fraction of sp³-hybridized carbons (Fsp3) is 0.0952. The van der Waals surface area contributed by atoms with Gasteiger partial charge in [0.15, 0.2) is 11.5 Å². The number of benzene rings is 3. The predicted molar refractivity (Wildman–Crippen MR) is 120 cm³/mol. The van der Waals surface area contributed by atoms with Crippen LogP contribution in [0.15, 0.2) is 65.8 Å². The van der Waals surface area contributed by atoms with Crippen LogP contribution in [0, 0.1) is 20.2 Å². The molecule has 32 heavy (non-hydrogen) atoms. The summed E-state index contributed by atoms with van der Waals surface area (Å²) in [4.78, 5) is 20.6. The van der Waals surface area contributed by atoms with Gasteiger partial charge in [0, 0.05) is 16.7 Å². The minimum Gasteiger partial charge on any atom is -0.493 e. The van der Waals surface area contributed by atoms with Crippen LogP contribution in [0.2, 0.25) is 5.02 Å². The molecular weight excluding hydrogens is 440 g/mol. The number of rotatable bonds is 9. The zero-order chi connectivity index (χ0) is 23.1. The Morgan fingerprint density at radius 1 is 1.03 bits per heavy atom. The van der Waals surface area contributed by atoms with Crippen LogP contribution in [-0.2, 0) is 6.61 Å². The third-order valence-electron chi connectivity index (χ3n) is 4.32. The first-order valence-electron chi connectivity index (χ1n) is 9.15. The number of anilines is 1. The normalized spacial score (nSPS) is 10.7. The number of nitrogens with zero attached hydrogens (tertiary/aromatic N) is 3. The van der Waals surface area contributed by atoms with Gasteiger partial charge < -0.3 is 9.47 Å². The zero-order valence-electron chi connectivity index (χ0n) is 16.7. The Labute approximate surface area is 187 Å². The summed E-state index contributed by atoms with van der Waals surface area (Å²) in [6.07, 6.45) is 1.42. The highest BCUT2D eigenvalue weighted by Crippen LogP contribution is 2.30. The molecule has 0 aliphatic carbocycles. The lowest BCUT2D eigenvalue weighted by Crippen LogP contribution is -2.00. The van der Waals surface area contributed by atoms with Gasteiger partial charge in [-0.25, -0.2) is 0 Å². The summed E-state index contributed by atoms with van der Waals surface area (Å²) in [5, 5.41) is 26.6. The fourth-order valence-corrected chi connectivity index (χ4v) is 2.90. The van der Waals surface area contributed by atoms with Gasteiger partial charge in [0.25, 0.3) is 5.69 Å². The van der Waals surface area contributed by atoms with Crippen LogP contribution in [-0.4, -0.2) is 23.2 Å². The molecule has 0 aromatic heterocycles. The SMILES string of the molecule is COc1cc(C=NNc2ccc([N+](=O)[O-])cc2[N+](=O)[O-])ccc1OCc1ccccc1Cl. The summed E-state index contributed by atoms with van der Waals surface area (Å²) < 4.78 is 11.2. The van der Waals surface area contributed by atoms with Gasteiger partial charge >= 0.3 is 5.69 Å². The number of hydrogen-bond donors (Lipinski definition) is 1. The van der Waals surface area contributed by atoms with Crippen LogP contribution in [0.3, 0.4) is 0 Å². The predicted octanol–water partition coefficient (Wildman–Crippen LogP) is 5.19. The maximum absolute atomic E-state index is 11.2. The lowest BCUT2D eigenvalue weighted by Gasteiger charge is -2.12. The van der Waals surface area contributed by atoms with E-state index in [9.17, 15) is 20.2 Å². The molecule has 0 aliphatic heterocycles. The van der Waals surface area contributed by atoms with Crippen LogP contribution in [0.5, 0.6) is 11.5 Å². The zero-order valence-corrected chi connectivity index (χ0v) is 17.5. The summed E-state index contributed by atoms with van der Waals surface area (Å²) in [6, 6.07) is 15.7. The van der Waals surface area contributed by atoms with Gasteiger partial charge in [-0.3, -0.25) is 25.7 Å². The Kier molecular flexibility index (Phi) is 7.19. The van der Waals surface area contributed by atoms with E-state index in [1.165, 1.54) is 19.4 Å². The van der Waals surface area contributed by atoms with Crippen molar-refractivity contribution >= 4 is 34.9 Å². The lowest BCUT2D eigenvalue weighted by molar-refractivity contribution is -0.393. The number of halogens is 1. The lowest BCUT2D eigenvalue weighted by atomic mass is 10.2. The van der Waals surface area contributed by atoms with E-state index in [1.54, 1.807) is 24.3 Å². The van der Waals surface area contributed by atoms with Crippen molar-refractivity contribution in [2.24, 2.45) is 5.10 Å². The van der Waals surface area contributed by atoms with Gasteiger partial charge in [-0.15, -0.1) is 0 Å². The van der Waals surface area contributed by atoms with Crippen molar-refractivity contribution in [3.05, 3.63) is 97.0 Å². The van der Waals surface area contributed by atoms with Gasteiger partial charge in [0.05, 0.1) is 29.2 Å². The van der Waals surface area contributed by atoms with Crippen molar-refractivity contribution in [3.8, 4) is 11.5 Å². The van der Waals surface area contributed by atoms with Crippen LogP contribution in [0.4, 0.5) is 17.1 Å². The topological polar surface area (TPSA) is 129 Å². The van der Waals surface area contributed by atoms with Crippen LogP contribution >= 0.6 is 11.6 Å². The summed E-state index contributed by atoms with van der Waals surface area (Å²) in [6.45, 7) is 0.259. The maximum atomic E-state index is 11.2. The van der Waals surface area contributed by atoms with E-state index in [4.69, 9.17) is 21.1 Å². The number of methoxy groups -OCH3 is 1. The van der Waals surface area contributed by atoms with E-state index in [0.717, 1.165) is 17.7 Å². The van der Waals surface area contributed by atoms with Crippen molar-refractivity contribution in [1.82, 2.24) is 0 Å². The summed E-state index contributed by atoms with van der Waals surface area (Å²) in [7, 11) is 1.50. The molecule has 0 amide bonds. The van der Waals surface area contributed by atoms with Gasteiger partial charge in [0.2, 0.25) is 0 Å². The monoisotopic (exact) mass is 456 g/mol. The number of nitro benzene ring substituents is 2. The molecule has 0 unspecified atom stereocenters. The number of hydrazone groups is 1. The Balaban J connectivity index is 1.72. The molecule has 11 heteroatoms. The molecule has 0 bridgehead atoms. The first-order valence-corrected chi connectivity index (χ1v) is 9.53. The molecule has 0 spiro atoms. The molecule has 0 aliphatic rings. The Bertz CT molecular complexity index is 1180. The summed E-state index contributed by atoms with van der Waals surface area (Å²) in [5.74, 6) is 0.964. The molecule has 0 saturated carbocycles. The third-order valence-corrected chi connectivity index (χ3v) is 4.68. The molecule has 3 aromatic carbocycles. The smallest absolute Gasteiger partial charge is 0.301 e. The fourth-order valence-electron chi connectivity index (χ4n) is 2.71. The minimum atomic E-state index is -0.723. The van der Waals surface area contributed by atoms with E-state index in [-0.39, 0.29) is 18.0 Å². The molecule has 0 saturated heterocycles. The van der Waals surface area contributed by atoms with E-state index in [0.29, 0.717) is 22.1 Å². The van der Waals surface area contributed by atoms with Crippen molar-refractivity contribution < 1.29 is 19.3 Å². The summed E-state index contributed by atoms with van der Waals surface area (Å²) in [5.41, 5.74) is 3.16. The van der Waals surface area contributed by atoms with Crippen molar-refractivity contribution in [2.75, 3.05) is 12.5 Å². The number of ether oxygens (including phenoxy) is 2. The first kappa shape index (κ1) is 22.5. The number of hydrogen-bond acceptors (Lipinski definition) is 8. The standard InChI is InChI=1S/C21H17ClN4O6/c1-31-21-10-14(6-9-20(21)32-13-15-4-2-3-5-17(15)22)12-23-24-18-8-7-16(25(27)28)11-19(18)26(29)30/h2-12,24H,13H2,1H3. The highest BCUT2D eigenvalue weighted by atomic mass is 35.5. The molecule has 0 radical (unpaired) electrons. The molecule has 3 aromatic rings. The maximum Gasteiger partial charge on any atom is 0.301 e. The molecule has 3 rings (SSSR count). The highest BCUT2D eigenvalue weighted by Gasteiger charge is 2.19. The average Bonchev–Trinajstić information content (AvgIpc) is 2.78. The van der Waals surface area contributed by atoms with Crippen molar-refractivity contribution in [2.45, 2.75) is 6.61 Å². The number of non-ortho nitro benzene ring substituents is 1. The van der Waals surface area contributed by atoms with Gasteiger partial charge in [-0.05, 0) is 35.9 Å². The Hall–Kier alpha value is -4.18. The molecule has 0 atom stereocenters. The Morgan fingerprint density at radius 2 is 1.81 bits per heavy atom. The van der Waals surface area contributed by atoms with Crippen LogP contribution < -0.4 is 14.9 Å². The summed E-state index contributed by atoms with van der Waals surface area (Å²) >= 11 is 6.14. The molecule has 164 valence electrons. The van der Waals surface area contributed by atoms with E-state index in [1.807, 2.05) is 18.2 Å². The highest BCUT2D eigenvalue weighted by molar-refractivity contribution is 6.31. The van der Waals surface area contributed by atoms with Crippen LogP contribution in [0.25, 0.3) is 0 Å². The second-order valence-electron chi connectivity index (χ2n) is 6.38. The molecular formula is C21H17ClN4O6. The van der Waals surface area contributed by atoms with E-state index >= 15 is 0 Å². The average molecular weight is 457 g/mol. The largest absolute Gasteiger partial charge is 0.493 e. The molecule has 10 nitrogen and oxygen atoms in total. The van der Waals surface area contributed by atoms with Gasteiger partial charge in [0.1, 0.15) is 12.3 Å². The first-order chi connectivity index (χ1) is 15.4. The number of nitrogens with one attached hydrogen (secondary N) is 1. The van der Waals surface area contributed by atoms with Gasteiger partial charge in [-0.1, -0.05) is 29.8 Å². The van der Waals surface area contributed by atoms with E-state index in [2.05, 4.69) is 10.5 Å². The van der Waals surface area contributed by atoms with E-state index < -0.39 is 15.5 Å². The molecule has 1 N–H and O–H groups in total.